The predicted octanol–water partition coefficient (Wildman–Crippen LogP) is 3.22. The monoisotopic (exact) mass is 265 g/mol. The number of hydrogen-bond acceptors (Lipinski definition) is 3. The molecular weight excluding hydrogens is 238 g/mol. The lowest BCUT2D eigenvalue weighted by molar-refractivity contribution is 0.190. The molecule has 19 heavy (non-hydrogen) atoms. The summed E-state index contributed by atoms with van der Waals surface area (Å²) in [5.74, 6) is 1.81. The fraction of sp³-hybridized carbons (Fsp3) is 0.800. The Bertz CT molecular complexity index is 383. The van der Waals surface area contributed by atoms with Gasteiger partial charge in [0.1, 0.15) is 0 Å². The van der Waals surface area contributed by atoms with Crippen molar-refractivity contribution in [2.75, 3.05) is 19.0 Å². The molecule has 1 fully saturated rings. The molecule has 0 aliphatic heterocycles. The van der Waals surface area contributed by atoms with Crippen molar-refractivity contribution < 1.29 is 4.74 Å². The van der Waals surface area contributed by atoms with Gasteiger partial charge in [0.15, 0.2) is 0 Å². The normalized spacial score (nSPS) is 18.5. The number of aromatic nitrogens is 2. The largest absolute Gasteiger partial charge is 0.383 e. The Kier molecular flexibility index (Phi) is 5.25. The Morgan fingerprint density at radius 3 is 2.84 bits per heavy atom. The summed E-state index contributed by atoms with van der Waals surface area (Å²) in [7, 11) is 1.73. The van der Waals surface area contributed by atoms with Crippen molar-refractivity contribution in [1.82, 2.24) is 9.55 Å². The molecule has 0 saturated heterocycles. The summed E-state index contributed by atoms with van der Waals surface area (Å²) in [6.07, 6.45) is 9.09. The molecule has 0 spiro atoms. The second-order valence-corrected chi connectivity index (χ2v) is 5.86. The smallest absolute Gasteiger partial charge is 0.203 e. The first-order valence-electron chi connectivity index (χ1n) is 7.48. The summed E-state index contributed by atoms with van der Waals surface area (Å²) in [4.78, 5) is 4.59. The van der Waals surface area contributed by atoms with Crippen LogP contribution in [0, 0.1) is 12.8 Å². The van der Waals surface area contributed by atoms with Crippen molar-refractivity contribution in [2.24, 2.45) is 5.92 Å². The van der Waals surface area contributed by atoms with E-state index < -0.39 is 0 Å². The lowest BCUT2D eigenvalue weighted by Crippen LogP contribution is -2.24. The summed E-state index contributed by atoms with van der Waals surface area (Å²) in [6, 6.07) is 0.289. The van der Waals surface area contributed by atoms with E-state index in [4.69, 9.17) is 4.74 Å². The number of hydrogen-bond donors (Lipinski definition) is 1. The van der Waals surface area contributed by atoms with Crippen molar-refractivity contribution in [3.05, 3.63) is 11.9 Å². The minimum Gasteiger partial charge on any atom is -0.383 e. The molecule has 1 aromatic heterocycles. The van der Waals surface area contributed by atoms with Gasteiger partial charge >= 0.3 is 0 Å². The number of aryl methyl sites for hydroxylation is 1. The highest BCUT2D eigenvalue weighted by atomic mass is 16.5. The molecule has 1 unspecified atom stereocenters. The summed E-state index contributed by atoms with van der Waals surface area (Å²) >= 11 is 0. The molecule has 2 rings (SSSR count). The van der Waals surface area contributed by atoms with Crippen LogP contribution in [0.2, 0.25) is 0 Å². The quantitative estimate of drug-likeness (QED) is 0.858. The molecule has 1 saturated carbocycles. The molecule has 0 bridgehead atoms. The maximum atomic E-state index is 5.17. The van der Waals surface area contributed by atoms with Crippen LogP contribution in [0.3, 0.4) is 0 Å². The average Bonchev–Trinajstić information content (AvgIpc) is 2.71. The minimum absolute atomic E-state index is 0.289. The predicted molar refractivity (Wildman–Crippen MR) is 78.5 cm³/mol. The standard InChI is InChI=1S/C15H27N3O/c1-12-9-18(10-14-7-5-4-6-8-14)15(16-12)17-13(2)11-19-3/h9,13-14H,4-8,10-11H2,1-3H3,(H,16,17). The van der Waals surface area contributed by atoms with E-state index in [0.717, 1.165) is 24.1 Å². The first-order chi connectivity index (χ1) is 9.19. The highest BCUT2D eigenvalue weighted by Gasteiger charge is 2.16. The van der Waals surface area contributed by atoms with Crippen molar-refractivity contribution in [3.63, 3.8) is 0 Å². The van der Waals surface area contributed by atoms with Gasteiger partial charge < -0.3 is 14.6 Å². The number of rotatable bonds is 6. The molecule has 0 amide bonds. The Hall–Kier alpha value is -1.03. The molecule has 1 aliphatic rings. The lowest BCUT2D eigenvalue weighted by Gasteiger charge is -2.23. The van der Waals surface area contributed by atoms with Crippen LogP contribution in [0.25, 0.3) is 0 Å². The van der Waals surface area contributed by atoms with Crippen molar-refractivity contribution >= 4 is 5.95 Å². The van der Waals surface area contributed by atoms with E-state index in [1.165, 1.54) is 32.1 Å². The maximum Gasteiger partial charge on any atom is 0.203 e. The highest BCUT2D eigenvalue weighted by molar-refractivity contribution is 5.30. The zero-order valence-electron chi connectivity index (χ0n) is 12.5. The van der Waals surface area contributed by atoms with Crippen LogP contribution >= 0.6 is 0 Å². The van der Waals surface area contributed by atoms with Crippen molar-refractivity contribution in [2.45, 2.75) is 58.5 Å². The number of nitrogens with zero attached hydrogens (tertiary/aromatic N) is 2. The fourth-order valence-corrected chi connectivity index (χ4v) is 2.96. The molecule has 0 radical (unpaired) electrons. The third-order valence-electron chi connectivity index (χ3n) is 3.87. The van der Waals surface area contributed by atoms with Gasteiger partial charge in [0.05, 0.1) is 12.3 Å². The van der Waals surface area contributed by atoms with Crippen LogP contribution in [0.15, 0.2) is 6.20 Å². The van der Waals surface area contributed by atoms with E-state index >= 15 is 0 Å². The van der Waals surface area contributed by atoms with Gasteiger partial charge in [-0.3, -0.25) is 0 Å². The van der Waals surface area contributed by atoms with Gasteiger partial charge in [-0.2, -0.15) is 0 Å². The van der Waals surface area contributed by atoms with Gasteiger partial charge in [0, 0.05) is 25.9 Å². The molecular formula is C15H27N3O. The van der Waals surface area contributed by atoms with E-state index in [2.05, 4.69) is 34.9 Å². The number of anilines is 1. The van der Waals surface area contributed by atoms with E-state index in [0.29, 0.717) is 6.61 Å². The Morgan fingerprint density at radius 2 is 2.16 bits per heavy atom. The summed E-state index contributed by atoms with van der Waals surface area (Å²) in [5.41, 5.74) is 1.09. The van der Waals surface area contributed by atoms with Gasteiger partial charge in [0.2, 0.25) is 5.95 Å². The van der Waals surface area contributed by atoms with Gasteiger partial charge in [-0.1, -0.05) is 19.3 Å². The topological polar surface area (TPSA) is 39.1 Å². The van der Waals surface area contributed by atoms with Gasteiger partial charge in [-0.25, -0.2) is 4.98 Å². The number of imidazole rings is 1. The van der Waals surface area contributed by atoms with Crippen molar-refractivity contribution in [1.29, 1.82) is 0 Å². The van der Waals surface area contributed by atoms with Crippen LogP contribution in [0.4, 0.5) is 5.95 Å². The summed E-state index contributed by atoms with van der Waals surface area (Å²) < 4.78 is 7.46. The van der Waals surface area contributed by atoms with Crippen LogP contribution in [-0.2, 0) is 11.3 Å². The third-order valence-corrected chi connectivity index (χ3v) is 3.87. The first kappa shape index (κ1) is 14.4. The second-order valence-electron chi connectivity index (χ2n) is 5.86. The van der Waals surface area contributed by atoms with Crippen molar-refractivity contribution in [3.8, 4) is 0 Å². The van der Waals surface area contributed by atoms with Crippen LogP contribution in [-0.4, -0.2) is 29.3 Å². The third kappa shape index (κ3) is 4.23. The van der Waals surface area contributed by atoms with Gasteiger partial charge in [0.25, 0.3) is 0 Å². The molecule has 4 heteroatoms. The van der Waals surface area contributed by atoms with Gasteiger partial charge in [-0.05, 0) is 32.6 Å². The highest BCUT2D eigenvalue weighted by Crippen LogP contribution is 2.26. The Balaban J connectivity index is 1.98. The number of nitrogens with one attached hydrogen (secondary N) is 1. The van der Waals surface area contributed by atoms with E-state index in [1.54, 1.807) is 7.11 Å². The SMILES string of the molecule is COCC(C)Nc1nc(C)cn1CC1CCCCC1. The molecule has 1 aromatic rings. The molecule has 1 aliphatic carbocycles. The zero-order chi connectivity index (χ0) is 13.7. The fourth-order valence-electron chi connectivity index (χ4n) is 2.96. The molecule has 1 heterocycles. The van der Waals surface area contributed by atoms with E-state index in [-0.39, 0.29) is 6.04 Å². The van der Waals surface area contributed by atoms with Crippen LogP contribution in [0.1, 0.15) is 44.7 Å². The van der Waals surface area contributed by atoms with Crippen LogP contribution < -0.4 is 5.32 Å². The zero-order valence-corrected chi connectivity index (χ0v) is 12.5. The number of methoxy groups -OCH3 is 1. The molecule has 4 nitrogen and oxygen atoms in total. The lowest BCUT2D eigenvalue weighted by atomic mass is 9.89. The summed E-state index contributed by atoms with van der Waals surface area (Å²) in [6.45, 7) is 5.99. The maximum absolute atomic E-state index is 5.17. The molecule has 108 valence electrons. The second kappa shape index (κ2) is 6.94. The Morgan fingerprint density at radius 1 is 1.42 bits per heavy atom. The number of ether oxygens (including phenoxy) is 1. The van der Waals surface area contributed by atoms with Crippen LogP contribution in [0.5, 0.6) is 0 Å². The van der Waals surface area contributed by atoms with Gasteiger partial charge in [-0.15, -0.1) is 0 Å². The first-order valence-corrected chi connectivity index (χ1v) is 7.48. The van der Waals surface area contributed by atoms with E-state index in [9.17, 15) is 0 Å². The Labute approximate surface area is 116 Å². The average molecular weight is 265 g/mol. The summed E-state index contributed by atoms with van der Waals surface area (Å²) in [5, 5.41) is 3.45. The molecule has 1 N–H and O–H groups in total. The van der Waals surface area contributed by atoms with E-state index in [1.807, 2.05) is 0 Å². The molecule has 0 aromatic carbocycles. The minimum atomic E-state index is 0.289. The molecule has 1 atom stereocenters.